The molecule has 0 saturated carbocycles. The van der Waals surface area contributed by atoms with Gasteiger partial charge in [0.1, 0.15) is 42.8 Å². The third-order valence-electron chi connectivity index (χ3n) is 7.02. The number of fused-ring (bicyclic) bond motifs is 1. The van der Waals surface area contributed by atoms with Crippen LogP contribution >= 0.6 is 11.6 Å². The Morgan fingerprint density at radius 3 is 2.20 bits per heavy atom. The lowest BCUT2D eigenvalue weighted by Crippen LogP contribution is -2.58. The number of carbonyl (C=O) groups is 5. The van der Waals surface area contributed by atoms with E-state index in [1.54, 1.807) is 77.1 Å². The van der Waals surface area contributed by atoms with Gasteiger partial charge in [-0.2, -0.15) is 0 Å². The Balaban J connectivity index is 1.85. The van der Waals surface area contributed by atoms with Crippen molar-refractivity contribution in [3.05, 3.63) is 59.1 Å². The Bertz CT molecular complexity index is 1350. The summed E-state index contributed by atoms with van der Waals surface area (Å²) in [6.45, 7) is 9.07. The van der Waals surface area contributed by atoms with E-state index in [4.69, 9.17) is 21.1 Å². The lowest BCUT2D eigenvalue weighted by molar-refractivity contribution is -0.134. The zero-order valence-corrected chi connectivity index (χ0v) is 26.9. The third-order valence-corrected chi connectivity index (χ3v) is 7.27. The van der Waals surface area contributed by atoms with E-state index in [0.29, 0.717) is 10.8 Å². The minimum Gasteiger partial charge on any atom is -0.492 e. The number of hydrogen-bond donors (Lipinski definition) is 5. The SMILES string of the molecule is CC(C)[C@@H]1NC(=O)C[C@@H](C(=O)NCCOc2ccc(Cl)cc2)NC(=O)c2ccccc2OC[C@H](C)NC(=O)[C@@H](C(C)C)NC1=O. The summed E-state index contributed by atoms with van der Waals surface area (Å²) in [5.41, 5.74) is 0.140. The number of carbonyl (C=O) groups excluding carboxylic acids is 5. The normalized spacial score (nSPS) is 21.8. The molecule has 0 aliphatic carbocycles. The molecule has 0 aromatic heterocycles. The third kappa shape index (κ3) is 10.7. The van der Waals surface area contributed by atoms with Crippen LogP contribution in [0.1, 0.15) is 51.4 Å². The molecule has 4 atom stereocenters. The molecular weight excluding hydrogens is 602 g/mol. The van der Waals surface area contributed by atoms with E-state index in [2.05, 4.69) is 26.6 Å². The first kappa shape index (κ1) is 35.2. The monoisotopic (exact) mass is 643 g/mol. The van der Waals surface area contributed by atoms with Crippen LogP contribution in [0.25, 0.3) is 0 Å². The molecule has 2 aromatic carbocycles. The van der Waals surface area contributed by atoms with Crippen molar-refractivity contribution in [2.45, 2.75) is 65.2 Å². The molecule has 3 rings (SSSR count). The van der Waals surface area contributed by atoms with Crippen molar-refractivity contribution < 1.29 is 33.4 Å². The highest BCUT2D eigenvalue weighted by Gasteiger charge is 2.33. The van der Waals surface area contributed by atoms with Crippen LogP contribution in [0.4, 0.5) is 0 Å². The lowest BCUT2D eigenvalue weighted by atomic mass is 9.99. The number of halogens is 1. The van der Waals surface area contributed by atoms with Gasteiger partial charge in [0.25, 0.3) is 5.91 Å². The Hall–Kier alpha value is -4.32. The summed E-state index contributed by atoms with van der Waals surface area (Å²) in [6, 6.07) is 9.54. The van der Waals surface area contributed by atoms with Crippen molar-refractivity contribution in [1.82, 2.24) is 26.6 Å². The van der Waals surface area contributed by atoms with E-state index >= 15 is 0 Å². The van der Waals surface area contributed by atoms with Gasteiger partial charge in [0.15, 0.2) is 0 Å². The molecule has 0 fully saturated rings. The Morgan fingerprint density at radius 1 is 0.911 bits per heavy atom. The summed E-state index contributed by atoms with van der Waals surface area (Å²) in [6.07, 6.45) is -0.458. The van der Waals surface area contributed by atoms with Crippen LogP contribution in [0, 0.1) is 11.8 Å². The van der Waals surface area contributed by atoms with Crippen LogP contribution in [0.2, 0.25) is 5.02 Å². The van der Waals surface area contributed by atoms with Crippen molar-refractivity contribution >= 4 is 41.1 Å². The van der Waals surface area contributed by atoms with E-state index in [1.165, 1.54) is 6.07 Å². The van der Waals surface area contributed by atoms with E-state index < -0.39 is 60.1 Å². The molecule has 0 radical (unpaired) electrons. The van der Waals surface area contributed by atoms with E-state index in [0.717, 1.165) is 0 Å². The maximum Gasteiger partial charge on any atom is 0.255 e. The highest BCUT2D eigenvalue weighted by atomic mass is 35.5. The quantitative estimate of drug-likeness (QED) is 0.289. The number of amides is 5. The second-order valence-electron chi connectivity index (χ2n) is 11.6. The molecule has 0 spiro atoms. The molecule has 5 N–H and O–H groups in total. The fourth-order valence-corrected chi connectivity index (χ4v) is 4.67. The zero-order valence-electron chi connectivity index (χ0n) is 26.1. The van der Waals surface area contributed by atoms with Crippen LogP contribution in [-0.2, 0) is 19.2 Å². The summed E-state index contributed by atoms with van der Waals surface area (Å²) in [7, 11) is 0. The van der Waals surface area contributed by atoms with Crippen molar-refractivity contribution in [2.24, 2.45) is 11.8 Å². The maximum absolute atomic E-state index is 13.4. The van der Waals surface area contributed by atoms with E-state index in [-0.39, 0.29) is 42.9 Å². The first-order valence-electron chi connectivity index (χ1n) is 14.9. The molecule has 2 aromatic rings. The molecule has 1 heterocycles. The first-order chi connectivity index (χ1) is 21.3. The molecular formula is C32H42ClN5O7. The number of hydrogen-bond acceptors (Lipinski definition) is 7. The van der Waals surface area contributed by atoms with E-state index in [1.807, 2.05) is 0 Å². The Kier molecular flexibility index (Phi) is 13.0. The van der Waals surface area contributed by atoms with Gasteiger partial charge in [-0.1, -0.05) is 51.4 Å². The number of para-hydroxylation sites is 1. The van der Waals surface area contributed by atoms with Gasteiger partial charge in [0.05, 0.1) is 24.6 Å². The van der Waals surface area contributed by atoms with Gasteiger partial charge < -0.3 is 36.1 Å². The number of benzene rings is 2. The van der Waals surface area contributed by atoms with Gasteiger partial charge in [-0.3, -0.25) is 24.0 Å². The minimum absolute atomic E-state index is 0.0288. The average Bonchev–Trinajstić information content (AvgIpc) is 2.99. The first-order valence-corrected chi connectivity index (χ1v) is 15.3. The van der Waals surface area contributed by atoms with Crippen LogP contribution in [-0.4, -0.2) is 73.5 Å². The molecule has 244 valence electrons. The van der Waals surface area contributed by atoms with Crippen molar-refractivity contribution in [3.63, 3.8) is 0 Å². The van der Waals surface area contributed by atoms with Gasteiger partial charge >= 0.3 is 0 Å². The van der Waals surface area contributed by atoms with Gasteiger partial charge in [0, 0.05) is 5.02 Å². The fourth-order valence-electron chi connectivity index (χ4n) is 4.54. The van der Waals surface area contributed by atoms with Gasteiger partial charge in [-0.05, 0) is 55.2 Å². The average molecular weight is 644 g/mol. The highest BCUT2D eigenvalue weighted by molar-refractivity contribution is 6.30. The standard InChI is InChI=1S/C32H42ClN5O7/c1-18(2)27-32(43)38-28(19(3)4)31(42)35-20(5)17-45-25-9-7-6-8-23(25)29(40)36-24(16-26(39)37-27)30(41)34-14-15-44-22-12-10-21(33)11-13-22/h6-13,18-20,24,27-28H,14-17H2,1-5H3,(H,34,41)(H,35,42)(H,36,40)(H,37,39)(H,38,43)/t20-,24-,27-,28+/m0/s1. The maximum atomic E-state index is 13.4. The van der Waals surface area contributed by atoms with Crippen molar-refractivity contribution in [3.8, 4) is 11.5 Å². The summed E-state index contributed by atoms with van der Waals surface area (Å²) >= 11 is 5.90. The van der Waals surface area contributed by atoms with E-state index in [9.17, 15) is 24.0 Å². The molecule has 5 amide bonds. The Morgan fingerprint density at radius 2 is 1.53 bits per heavy atom. The van der Waals surface area contributed by atoms with Gasteiger partial charge in [-0.15, -0.1) is 0 Å². The smallest absolute Gasteiger partial charge is 0.255 e. The summed E-state index contributed by atoms with van der Waals surface area (Å²) < 4.78 is 11.5. The topological polar surface area (TPSA) is 164 Å². The summed E-state index contributed by atoms with van der Waals surface area (Å²) in [5.74, 6) is -2.68. The Labute approximate surface area is 268 Å². The lowest BCUT2D eigenvalue weighted by Gasteiger charge is -2.28. The predicted octanol–water partition coefficient (Wildman–Crippen LogP) is 2.20. The van der Waals surface area contributed by atoms with Crippen LogP contribution in [0.5, 0.6) is 11.5 Å². The van der Waals surface area contributed by atoms with Crippen LogP contribution < -0.4 is 36.1 Å². The number of ether oxygens (including phenoxy) is 2. The van der Waals surface area contributed by atoms with Gasteiger partial charge in [0.2, 0.25) is 23.6 Å². The zero-order chi connectivity index (χ0) is 33.1. The molecule has 1 aliphatic heterocycles. The second kappa shape index (κ2) is 16.7. The fraction of sp³-hybridized carbons (Fsp3) is 0.469. The van der Waals surface area contributed by atoms with Crippen LogP contribution in [0.3, 0.4) is 0 Å². The minimum atomic E-state index is -1.29. The molecule has 12 nitrogen and oxygen atoms in total. The highest BCUT2D eigenvalue weighted by Crippen LogP contribution is 2.19. The number of rotatable bonds is 7. The molecule has 0 bridgehead atoms. The molecule has 13 heteroatoms. The number of nitrogens with one attached hydrogen (secondary N) is 5. The van der Waals surface area contributed by atoms with Crippen molar-refractivity contribution in [1.29, 1.82) is 0 Å². The molecule has 0 saturated heterocycles. The van der Waals surface area contributed by atoms with Crippen LogP contribution in [0.15, 0.2) is 48.5 Å². The molecule has 0 unspecified atom stereocenters. The predicted molar refractivity (Wildman–Crippen MR) is 169 cm³/mol. The van der Waals surface area contributed by atoms with Crippen molar-refractivity contribution in [2.75, 3.05) is 19.8 Å². The largest absolute Gasteiger partial charge is 0.492 e. The van der Waals surface area contributed by atoms with Gasteiger partial charge in [-0.25, -0.2) is 0 Å². The second-order valence-corrected chi connectivity index (χ2v) is 12.0. The summed E-state index contributed by atoms with van der Waals surface area (Å²) in [4.78, 5) is 66.4. The molecule has 1 aliphatic rings. The molecule has 45 heavy (non-hydrogen) atoms. The summed E-state index contributed by atoms with van der Waals surface area (Å²) in [5, 5.41) is 14.2.